The maximum atomic E-state index is 12.4. The van der Waals surface area contributed by atoms with Crippen LogP contribution in [0.1, 0.15) is 31.7 Å². The van der Waals surface area contributed by atoms with Gasteiger partial charge in [0.1, 0.15) is 0 Å². The van der Waals surface area contributed by atoms with Crippen LogP contribution < -0.4 is 5.32 Å². The number of amides is 1. The van der Waals surface area contributed by atoms with Gasteiger partial charge in [-0.1, -0.05) is 37.3 Å². The summed E-state index contributed by atoms with van der Waals surface area (Å²) in [6.45, 7) is 2.79. The topological polar surface area (TPSA) is 75.6 Å². The second kappa shape index (κ2) is 6.72. The first-order valence-electron chi connectivity index (χ1n) is 7.29. The van der Waals surface area contributed by atoms with E-state index in [-0.39, 0.29) is 18.2 Å². The predicted molar refractivity (Wildman–Crippen MR) is 77.7 cm³/mol. The molecule has 0 bridgehead atoms. The number of carbonyl (C=O) groups is 2. The van der Waals surface area contributed by atoms with Crippen LogP contribution in [0.25, 0.3) is 0 Å². The number of carbonyl (C=O) groups excluding carboxylic acids is 1. The van der Waals surface area contributed by atoms with Crippen LogP contribution in [0.3, 0.4) is 0 Å². The highest BCUT2D eigenvalue weighted by Crippen LogP contribution is 2.27. The fraction of sp³-hybridized carbons (Fsp3) is 0.500. The van der Waals surface area contributed by atoms with E-state index in [1.54, 1.807) is 31.2 Å². The van der Waals surface area contributed by atoms with Gasteiger partial charge in [0.05, 0.1) is 12.5 Å². The van der Waals surface area contributed by atoms with Crippen molar-refractivity contribution in [3.63, 3.8) is 0 Å². The molecule has 0 spiro atoms. The van der Waals surface area contributed by atoms with Crippen molar-refractivity contribution in [2.24, 2.45) is 5.92 Å². The van der Waals surface area contributed by atoms with Crippen LogP contribution in [-0.2, 0) is 19.9 Å². The zero-order valence-electron chi connectivity index (χ0n) is 12.2. The molecule has 114 valence electrons. The lowest BCUT2D eigenvalue weighted by molar-refractivity contribution is -0.150. The van der Waals surface area contributed by atoms with Crippen molar-refractivity contribution in [3.05, 3.63) is 35.9 Å². The van der Waals surface area contributed by atoms with E-state index in [0.29, 0.717) is 18.8 Å². The van der Waals surface area contributed by atoms with Crippen LogP contribution in [0.4, 0.5) is 0 Å². The Bertz CT molecular complexity index is 496. The van der Waals surface area contributed by atoms with Gasteiger partial charge >= 0.3 is 5.97 Å². The molecule has 1 heterocycles. The Morgan fingerprint density at radius 3 is 2.62 bits per heavy atom. The molecule has 1 fully saturated rings. The third-order valence-electron chi connectivity index (χ3n) is 4.03. The van der Waals surface area contributed by atoms with Gasteiger partial charge in [-0.3, -0.25) is 4.79 Å². The first kappa shape index (κ1) is 15.5. The normalized spacial score (nSPS) is 21.3. The molecule has 1 aromatic carbocycles. The number of ether oxygens (including phenoxy) is 1. The second-order valence-electron chi connectivity index (χ2n) is 5.33. The second-order valence-corrected chi connectivity index (χ2v) is 5.33. The highest BCUT2D eigenvalue weighted by molar-refractivity contribution is 5.89. The molecule has 2 rings (SSSR count). The number of hydrogen-bond acceptors (Lipinski definition) is 3. The van der Waals surface area contributed by atoms with Crippen LogP contribution in [0, 0.1) is 5.92 Å². The zero-order valence-corrected chi connectivity index (χ0v) is 12.2. The standard InChI is InChI=1S/C16H21NO4/c1-2-16(15(19)20,13-8-4-3-5-9-13)17-14(18)12-7-6-10-21-11-12/h3-5,8-9,12H,2,6-7,10-11H2,1H3,(H,17,18)(H,19,20)/t12-,16-/m0/s1. The van der Waals surface area contributed by atoms with Gasteiger partial charge in [0.2, 0.25) is 5.91 Å². The average molecular weight is 291 g/mol. The molecule has 0 aliphatic carbocycles. The third kappa shape index (κ3) is 3.24. The van der Waals surface area contributed by atoms with E-state index in [1.807, 2.05) is 6.07 Å². The minimum absolute atomic E-state index is 0.247. The summed E-state index contributed by atoms with van der Waals surface area (Å²) in [5, 5.41) is 12.4. The van der Waals surface area contributed by atoms with Crippen LogP contribution in [0.15, 0.2) is 30.3 Å². The van der Waals surface area contributed by atoms with Crippen LogP contribution in [0.5, 0.6) is 0 Å². The number of hydrogen-bond donors (Lipinski definition) is 2. The Kier molecular flexibility index (Phi) is 4.96. The van der Waals surface area contributed by atoms with Crippen molar-refractivity contribution in [3.8, 4) is 0 Å². The monoisotopic (exact) mass is 291 g/mol. The summed E-state index contributed by atoms with van der Waals surface area (Å²) < 4.78 is 5.31. The first-order chi connectivity index (χ1) is 10.1. The number of carboxylic acids is 1. The van der Waals surface area contributed by atoms with Crippen molar-refractivity contribution in [2.45, 2.75) is 31.7 Å². The molecule has 0 aromatic heterocycles. The number of carboxylic acid groups (broad SMARTS) is 1. The van der Waals surface area contributed by atoms with E-state index in [1.165, 1.54) is 0 Å². The quantitative estimate of drug-likeness (QED) is 0.869. The van der Waals surface area contributed by atoms with Crippen LogP contribution in [-0.4, -0.2) is 30.2 Å². The molecule has 1 aliphatic rings. The maximum Gasteiger partial charge on any atom is 0.334 e. The molecule has 5 heteroatoms. The highest BCUT2D eigenvalue weighted by Gasteiger charge is 2.41. The summed E-state index contributed by atoms with van der Waals surface area (Å²) in [4.78, 5) is 24.2. The van der Waals surface area contributed by atoms with Crippen molar-refractivity contribution in [1.82, 2.24) is 5.32 Å². The Morgan fingerprint density at radius 2 is 2.10 bits per heavy atom. The van der Waals surface area contributed by atoms with Gasteiger partial charge in [-0.2, -0.15) is 0 Å². The lowest BCUT2D eigenvalue weighted by Gasteiger charge is -2.32. The summed E-state index contributed by atoms with van der Waals surface area (Å²) in [6.07, 6.45) is 1.85. The molecule has 0 unspecified atom stereocenters. The molecule has 0 radical (unpaired) electrons. The lowest BCUT2D eigenvalue weighted by Crippen LogP contribution is -2.53. The molecule has 2 atom stereocenters. The van der Waals surface area contributed by atoms with Crippen molar-refractivity contribution < 1.29 is 19.4 Å². The minimum Gasteiger partial charge on any atom is -0.479 e. The SMILES string of the molecule is CC[C@@](NC(=O)[C@H]1CCCOC1)(C(=O)O)c1ccccc1. The maximum absolute atomic E-state index is 12.4. The van der Waals surface area contributed by atoms with Crippen molar-refractivity contribution in [2.75, 3.05) is 13.2 Å². The summed E-state index contributed by atoms with van der Waals surface area (Å²) in [5.41, 5.74) is -0.791. The van der Waals surface area contributed by atoms with Gasteiger partial charge in [-0.25, -0.2) is 4.79 Å². The highest BCUT2D eigenvalue weighted by atomic mass is 16.5. The molecule has 0 saturated carbocycles. The molecule has 2 N–H and O–H groups in total. The number of aliphatic carboxylic acids is 1. The van der Waals surface area contributed by atoms with E-state index in [2.05, 4.69) is 5.32 Å². The van der Waals surface area contributed by atoms with E-state index in [0.717, 1.165) is 12.8 Å². The Labute approximate surface area is 124 Å². The number of nitrogens with one attached hydrogen (secondary N) is 1. The van der Waals surface area contributed by atoms with Gasteiger partial charge in [0.25, 0.3) is 0 Å². The molecule has 1 aromatic rings. The van der Waals surface area contributed by atoms with E-state index < -0.39 is 11.5 Å². The third-order valence-corrected chi connectivity index (χ3v) is 4.03. The largest absolute Gasteiger partial charge is 0.479 e. The van der Waals surface area contributed by atoms with Crippen LogP contribution in [0.2, 0.25) is 0 Å². The van der Waals surface area contributed by atoms with Gasteiger partial charge in [0.15, 0.2) is 5.54 Å². The van der Waals surface area contributed by atoms with Gasteiger partial charge in [-0.15, -0.1) is 0 Å². The lowest BCUT2D eigenvalue weighted by atomic mass is 9.86. The van der Waals surface area contributed by atoms with E-state index in [9.17, 15) is 14.7 Å². The Balaban J connectivity index is 2.24. The summed E-state index contributed by atoms with van der Waals surface area (Å²) in [5.74, 6) is -1.56. The Hall–Kier alpha value is -1.88. The van der Waals surface area contributed by atoms with E-state index >= 15 is 0 Å². The number of rotatable bonds is 5. The van der Waals surface area contributed by atoms with Crippen LogP contribution >= 0.6 is 0 Å². The number of benzene rings is 1. The average Bonchev–Trinajstić information content (AvgIpc) is 2.54. The molecular formula is C16H21NO4. The fourth-order valence-electron chi connectivity index (χ4n) is 2.68. The van der Waals surface area contributed by atoms with E-state index in [4.69, 9.17) is 4.74 Å². The Morgan fingerprint density at radius 1 is 1.38 bits per heavy atom. The van der Waals surface area contributed by atoms with Gasteiger partial charge in [0, 0.05) is 6.61 Å². The van der Waals surface area contributed by atoms with Gasteiger partial charge in [-0.05, 0) is 24.8 Å². The first-order valence-corrected chi connectivity index (χ1v) is 7.29. The van der Waals surface area contributed by atoms with Crippen molar-refractivity contribution >= 4 is 11.9 Å². The smallest absolute Gasteiger partial charge is 0.334 e. The summed E-state index contributed by atoms with van der Waals surface area (Å²) >= 11 is 0. The molecule has 1 saturated heterocycles. The fourth-order valence-corrected chi connectivity index (χ4v) is 2.68. The summed E-state index contributed by atoms with van der Waals surface area (Å²) in [7, 11) is 0. The summed E-state index contributed by atoms with van der Waals surface area (Å²) in [6, 6.07) is 8.84. The van der Waals surface area contributed by atoms with Gasteiger partial charge < -0.3 is 15.2 Å². The molecule has 1 aliphatic heterocycles. The zero-order chi connectivity index (χ0) is 15.3. The molecule has 5 nitrogen and oxygen atoms in total. The predicted octanol–water partition coefficient (Wildman–Crippen LogP) is 1.92. The molecular weight excluding hydrogens is 270 g/mol. The molecule has 21 heavy (non-hydrogen) atoms. The molecule has 1 amide bonds. The minimum atomic E-state index is -1.38. The van der Waals surface area contributed by atoms with Crippen molar-refractivity contribution in [1.29, 1.82) is 0 Å².